The van der Waals surface area contributed by atoms with Crippen LogP contribution in [0.1, 0.15) is 24.1 Å². The van der Waals surface area contributed by atoms with E-state index in [4.69, 9.17) is 4.74 Å². The highest BCUT2D eigenvalue weighted by atomic mass is 16.6. The highest BCUT2D eigenvalue weighted by Gasteiger charge is 2.34. The minimum atomic E-state index is -0.714. The standard InChI is InChI=1S/C21H20N6O4/c1-12-4-7-15(8-5-12)25-20(28)18-13(2)24-21-22-11-23-26(21)19(18)14-6-9-17(31-3)16(10-14)27(29)30/h4-11,19H,1-3H3,(H,25,28)(H,22,23,24). The first-order valence-corrected chi connectivity index (χ1v) is 9.46. The van der Waals surface area contributed by atoms with Crippen LogP contribution in [0.4, 0.5) is 17.3 Å². The Bertz CT molecular complexity index is 1200. The second-order valence-electron chi connectivity index (χ2n) is 7.10. The number of anilines is 2. The lowest BCUT2D eigenvalue weighted by Crippen LogP contribution is -2.31. The first-order chi connectivity index (χ1) is 14.9. The molecule has 3 aromatic rings. The molecular weight excluding hydrogens is 400 g/mol. The molecule has 2 aromatic carbocycles. The lowest BCUT2D eigenvalue weighted by atomic mass is 9.94. The van der Waals surface area contributed by atoms with Crippen LogP contribution < -0.4 is 15.4 Å². The normalized spacial score (nSPS) is 15.1. The quantitative estimate of drug-likeness (QED) is 0.479. The summed E-state index contributed by atoms with van der Waals surface area (Å²) in [6.45, 7) is 3.72. The first-order valence-electron chi connectivity index (χ1n) is 9.46. The van der Waals surface area contributed by atoms with E-state index in [1.165, 1.54) is 30.3 Å². The van der Waals surface area contributed by atoms with E-state index < -0.39 is 11.0 Å². The molecule has 1 aliphatic heterocycles. The minimum Gasteiger partial charge on any atom is -0.490 e. The Labute approximate surface area is 177 Å². The molecule has 1 aliphatic rings. The third-order valence-corrected chi connectivity index (χ3v) is 5.06. The number of nitrogens with one attached hydrogen (secondary N) is 2. The van der Waals surface area contributed by atoms with Crippen LogP contribution in [0.3, 0.4) is 0 Å². The van der Waals surface area contributed by atoms with E-state index in [9.17, 15) is 14.9 Å². The number of rotatable bonds is 5. The number of ether oxygens (including phenoxy) is 1. The molecule has 0 bridgehead atoms. The second-order valence-corrected chi connectivity index (χ2v) is 7.10. The molecule has 1 aromatic heterocycles. The van der Waals surface area contributed by atoms with Gasteiger partial charge in [-0.2, -0.15) is 10.1 Å². The summed E-state index contributed by atoms with van der Waals surface area (Å²) in [6.07, 6.45) is 1.36. The Morgan fingerprint density at radius 2 is 1.97 bits per heavy atom. The van der Waals surface area contributed by atoms with E-state index in [1.54, 1.807) is 13.0 Å². The van der Waals surface area contributed by atoms with Gasteiger partial charge in [-0.15, -0.1) is 0 Å². The van der Waals surface area contributed by atoms with Crippen molar-refractivity contribution in [1.29, 1.82) is 0 Å². The van der Waals surface area contributed by atoms with Crippen LogP contribution in [0, 0.1) is 17.0 Å². The lowest BCUT2D eigenvalue weighted by Gasteiger charge is -2.28. The van der Waals surface area contributed by atoms with Crippen LogP contribution in [0.25, 0.3) is 0 Å². The molecule has 2 heterocycles. The fourth-order valence-electron chi connectivity index (χ4n) is 3.55. The summed E-state index contributed by atoms with van der Waals surface area (Å²) in [5, 5.41) is 21.8. The summed E-state index contributed by atoms with van der Waals surface area (Å²) >= 11 is 0. The van der Waals surface area contributed by atoms with E-state index in [1.807, 2.05) is 31.2 Å². The van der Waals surface area contributed by atoms with Gasteiger partial charge in [0.15, 0.2) is 5.75 Å². The van der Waals surface area contributed by atoms with Gasteiger partial charge < -0.3 is 15.4 Å². The molecule has 0 aliphatic carbocycles. The molecule has 1 amide bonds. The van der Waals surface area contributed by atoms with Gasteiger partial charge in [0, 0.05) is 17.5 Å². The average Bonchev–Trinajstić information content (AvgIpc) is 3.21. The summed E-state index contributed by atoms with van der Waals surface area (Å²) in [4.78, 5) is 28.5. The van der Waals surface area contributed by atoms with Crippen molar-refractivity contribution >= 4 is 23.2 Å². The highest BCUT2D eigenvalue weighted by molar-refractivity contribution is 6.06. The minimum absolute atomic E-state index is 0.132. The highest BCUT2D eigenvalue weighted by Crippen LogP contribution is 2.38. The van der Waals surface area contributed by atoms with Crippen molar-refractivity contribution in [2.24, 2.45) is 0 Å². The van der Waals surface area contributed by atoms with Gasteiger partial charge in [-0.05, 0) is 37.6 Å². The molecule has 0 radical (unpaired) electrons. The number of carbonyl (C=O) groups excluding carboxylic acids is 1. The molecule has 1 unspecified atom stereocenters. The van der Waals surface area contributed by atoms with E-state index >= 15 is 0 Å². The molecule has 0 fully saturated rings. The van der Waals surface area contributed by atoms with Crippen molar-refractivity contribution < 1.29 is 14.5 Å². The fraction of sp³-hybridized carbons (Fsp3) is 0.190. The molecule has 10 nitrogen and oxygen atoms in total. The van der Waals surface area contributed by atoms with Crippen molar-refractivity contribution in [3.05, 3.63) is 81.3 Å². The van der Waals surface area contributed by atoms with Crippen LogP contribution in [-0.2, 0) is 4.79 Å². The van der Waals surface area contributed by atoms with Crippen molar-refractivity contribution in [2.45, 2.75) is 19.9 Å². The number of fused-ring (bicyclic) bond motifs is 1. The summed E-state index contributed by atoms with van der Waals surface area (Å²) in [5.41, 5.74) is 2.97. The number of nitro groups is 1. The van der Waals surface area contributed by atoms with E-state index in [2.05, 4.69) is 20.7 Å². The van der Waals surface area contributed by atoms with Gasteiger partial charge in [-0.1, -0.05) is 23.8 Å². The van der Waals surface area contributed by atoms with Gasteiger partial charge in [-0.25, -0.2) is 4.68 Å². The molecule has 1 atom stereocenters. The van der Waals surface area contributed by atoms with Crippen LogP contribution in [0.15, 0.2) is 60.1 Å². The number of benzene rings is 2. The van der Waals surface area contributed by atoms with Crippen molar-refractivity contribution in [3.63, 3.8) is 0 Å². The number of amides is 1. The Morgan fingerprint density at radius 1 is 1.23 bits per heavy atom. The third-order valence-electron chi connectivity index (χ3n) is 5.06. The lowest BCUT2D eigenvalue weighted by molar-refractivity contribution is -0.385. The summed E-state index contributed by atoms with van der Waals surface area (Å²) in [7, 11) is 1.37. The molecule has 31 heavy (non-hydrogen) atoms. The van der Waals surface area contributed by atoms with Crippen molar-refractivity contribution in [1.82, 2.24) is 14.8 Å². The maximum atomic E-state index is 13.3. The van der Waals surface area contributed by atoms with Gasteiger partial charge in [0.25, 0.3) is 5.91 Å². The Balaban J connectivity index is 1.80. The second kappa shape index (κ2) is 7.90. The zero-order valence-corrected chi connectivity index (χ0v) is 17.1. The van der Waals surface area contributed by atoms with Crippen LogP contribution >= 0.6 is 0 Å². The number of hydrogen-bond acceptors (Lipinski definition) is 7. The van der Waals surface area contributed by atoms with Crippen LogP contribution in [-0.4, -0.2) is 32.7 Å². The van der Waals surface area contributed by atoms with Crippen molar-refractivity contribution in [2.75, 3.05) is 17.7 Å². The van der Waals surface area contributed by atoms with E-state index in [0.29, 0.717) is 28.5 Å². The SMILES string of the molecule is COc1ccc(C2C(C(=O)Nc3ccc(C)cc3)=C(C)Nc3ncnn32)cc1[N+](=O)[O-]. The van der Waals surface area contributed by atoms with Crippen LogP contribution in [0.5, 0.6) is 5.75 Å². The smallest absolute Gasteiger partial charge is 0.311 e. The summed E-state index contributed by atoms with van der Waals surface area (Å²) < 4.78 is 6.64. The maximum Gasteiger partial charge on any atom is 0.311 e. The monoisotopic (exact) mass is 420 g/mol. The number of allylic oxidation sites excluding steroid dienone is 1. The summed E-state index contributed by atoms with van der Waals surface area (Å²) in [5.74, 6) is 0.221. The maximum absolute atomic E-state index is 13.3. The molecule has 0 spiro atoms. The van der Waals surface area contributed by atoms with Gasteiger partial charge in [0.2, 0.25) is 5.95 Å². The van der Waals surface area contributed by atoms with E-state index in [-0.39, 0.29) is 17.3 Å². The predicted octanol–water partition coefficient (Wildman–Crippen LogP) is 3.43. The predicted molar refractivity (Wildman–Crippen MR) is 114 cm³/mol. The zero-order chi connectivity index (χ0) is 22.1. The van der Waals surface area contributed by atoms with Gasteiger partial charge >= 0.3 is 5.69 Å². The van der Waals surface area contributed by atoms with Crippen LogP contribution in [0.2, 0.25) is 0 Å². The Morgan fingerprint density at radius 3 is 2.65 bits per heavy atom. The van der Waals surface area contributed by atoms with Gasteiger partial charge in [0.1, 0.15) is 12.4 Å². The van der Waals surface area contributed by atoms with E-state index in [0.717, 1.165) is 5.56 Å². The molecular formula is C21H20N6O4. The largest absolute Gasteiger partial charge is 0.490 e. The molecule has 10 heteroatoms. The number of carbonyl (C=O) groups is 1. The number of methoxy groups -OCH3 is 1. The molecule has 0 saturated heterocycles. The van der Waals surface area contributed by atoms with Gasteiger partial charge in [0.05, 0.1) is 17.6 Å². The van der Waals surface area contributed by atoms with Gasteiger partial charge in [-0.3, -0.25) is 14.9 Å². The average molecular weight is 420 g/mol. The number of aryl methyl sites for hydroxylation is 1. The fourth-order valence-corrected chi connectivity index (χ4v) is 3.55. The molecule has 158 valence electrons. The molecule has 2 N–H and O–H groups in total. The number of aromatic nitrogens is 3. The van der Waals surface area contributed by atoms with Crippen molar-refractivity contribution in [3.8, 4) is 5.75 Å². The topological polar surface area (TPSA) is 124 Å². The molecule has 4 rings (SSSR count). The Hall–Kier alpha value is -4.21. The Kier molecular flexibility index (Phi) is 5.12. The zero-order valence-electron chi connectivity index (χ0n) is 17.1. The third kappa shape index (κ3) is 3.70. The first kappa shape index (κ1) is 20.1. The summed E-state index contributed by atoms with van der Waals surface area (Å²) in [6, 6.07) is 11.3. The number of nitrogens with zero attached hydrogens (tertiary/aromatic N) is 4. The molecule has 0 saturated carbocycles. The number of nitro benzene ring substituents is 1. The number of hydrogen-bond donors (Lipinski definition) is 2.